The molecule has 0 atom stereocenters. The fourth-order valence-electron chi connectivity index (χ4n) is 2.46. The first-order chi connectivity index (χ1) is 11.6. The molecular weight excluding hydrogens is 308 g/mol. The Morgan fingerprint density at radius 2 is 2.04 bits per heavy atom. The molecule has 2 heterocycles. The number of aryl methyl sites for hydroxylation is 2. The first kappa shape index (κ1) is 15.7. The summed E-state index contributed by atoms with van der Waals surface area (Å²) in [6.07, 6.45) is 2.48. The zero-order chi connectivity index (χ0) is 17.1. The second kappa shape index (κ2) is 6.53. The minimum atomic E-state index is -0.493. The van der Waals surface area contributed by atoms with Crippen LogP contribution >= 0.6 is 0 Å². The molecular formula is C16H18N6O2. The van der Waals surface area contributed by atoms with Gasteiger partial charge in [0.05, 0.1) is 6.21 Å². The number of H-pyrrole nitrogens is 1. The van der Waals surface area contributed by atoms with E-state index in [1.165, 1.54) is 4.57 Å². The van der Waals surface area contributed by atoms with Crippen LogP contribution in [0, 0.1) is 0 Å². The van der Waals surface area contributed by atoms with E-state index in [1.54, 1.807) is 17.8 Å². The first-order valence-electron chi connectivity index (χ1n) is 7.65. The van der Waals surface area contributed by atoms with Crippen molar-refractivity contribution in [3.8, 4) is 0 Å². The van der Waals surface area contributed by atoms with Gasteiger partial charge in [-0.15, -0.1) is 0 Å². The van der Waals surface area contributed by atoms with Crippen molar-refractivity contribution in [1.82, 2.24) is 19.1 Å². The molecule has 3 aromatic rings. The highest BCUT2D eigenvalue weighted by Gasteiger charge is 2.16. The third kappa shape index (κ3) is 2.85. The molecule has 0 radical (unpaired) electrons. The summed E-state index contributed by atoms with van der Waals surface area (Å²) >= 11 is 0. The summed E-state index contributed by atoms with van der Waals surface area (Å²) in [7, 11) is 1.57. The molecule has 0 aliphatic heterocycles. The average molecular weight is 326 g/mol. The van der Waals surface area contributed by atoms with Crippen LogP contribution < -0.4 is 16.7 Å². The fourth-order valence-corrected chi connectivity index (χ4v) is 2.46. The van der Waals surface area contributed by atoms with E-state index in [9.17, 15) is 9.59 Å². The Balaban J connectivity index is 2.04. The van der Waals surface area contributed by atoms with Gasteiger partial charge in [-0.25, -0.2) is 10.2 Å². The van der Waals surface area contributed by atoms with Gasteiger partial charge in [0.25, 0.3) is 5.56 Å². The molecule has 0 saturated heterocycles. The maximum absolute atomic E-state index is 12.2. The number of benzene rings is 1. The zero-order valence-electron chi connectivity index (χ0n) is 13.5. The number of aromatic amines is 1. The van der Waals surface area contributed by atoms with Crippen molar-refractivity contribution in [3.05, 3.63) is 56.7 Å². The molecule has 0 saturated carbocycles. The van der Waals surface area contributed by atoms with E-state index in [1.807, 2.05) is 37.3 Å². The molecule has 8 heteroatoms. The van der Waals surface area contributed by atoms with Crippen molar-refractivity contribution in [2.45, 2.75) is 19.9 Å². The van der Waals surface area contributed by atoms with E-state index in [4.69, 9.17) is 0 Å². The third-order valence-corrected chi connectivity index (χ3v) is 3.63. The normalized spacial score (nSPS) is 11.4. The molecule has 0 spiro atoms. The zero-order valence-corrected chi connectivity index (χ0v) is 13.5. The van der Waals surface area contributed by atoms with E-state index in [0.29, 0.717) is 23.7 Å². The van der Waals surface area contributed by atoms with E-state index in [0.717, 1.165) is 12.0 Å². The lowest BCUT2D eigenvalue weighted by atomic mass is 10.2. The molecule has 0 aliphatic carbocycles. The highest BCUT2D eigenvalue weighted by molar-refractivity contribution is 5.80. The molecule has 3 rings (SSSR count). The summed E-state index contributed by atoms with van der Waals surface area (Å²) < 4.78 is 3.05. The van der Waals surface area contributed by atoms with Crippen LogP contribution in [0.2, 0.25) is 0 Å². The van der Waals surface area contributed by atoms with E-state index in [-0.39, 0.29) is 0 Å². The van der Waals surface area contributed by atoms with Crippen LogP contribution in [0.15, 0.2) is 45.0 Å². The number of nitrogens with one attached hydrogen (secondary N) is 2. The molecule has 1 aromatic carbocycles. The quantitative estimate of drug-likeness (QED) is 0.545. The first-order valence-corrected chi connectivity index (χ1v) is 7.65. The van der Waals surface area contributed by atoms with Gasteiger partial charge >= 0.3 is 5.69 Å². The summed E-state index contributed by atoms with van der Waals surface area (Å²) in [6, 6.07) is 9.62. The number of imidazole rings is 1. The van der Waals surface area contributed by atoms with Crippen molar-refractivity contribution in [1.29, 1.82) is 0 Å². The average Bonchev–Trinajstić information content (AvgIpc) is 2.93. The largest absolute Gasteiger partial charge is 0.329 e. The molecule has 0 bridgehead atoms. The maximum atomic E-state index is 12.2. The van der Waals surface area contributed by atoms with Crippen LogP contribution in [0.5, 0.6) is 0 Å². The van der Waals surface area contributed by atoms with Crippen LogP contribution in [0.25, 0.3) is 11.2 Å². The van der Waals surface area contributed by atoms with Gasteiger partial charge in [-0.1, -0.05) is 37.3 Å². The number of nitrogens with zero attached hydrogens (tertiary/aromatic N) is 4. The number of aromatic nitrogens is 4. The van der Waals surface area contributed by atoms with E-state index < -0.39 is 11.2 Å². The predicted octanol–water partition coefficient (Wildman–Crippen LogP) is 1.28. The highest BCUT2D eigenvalue weighted by atomic mass is 16.2. The Labute approximate surface area is 137 Å². The van der Waals surface area contributed by atoms with Gasteiger partial charge in [0, 0.05) is 13.6 Å². The van der Waals surface area contributed by atoms with Gasteiger partial charge in [0.2, 0.25) is 5.95 Å². The number of fused-ring (bicyclic) bond motifs is 1. The Hall–Kier alpha value is -3.16. The minimum Gasteiger partial charge on any atom is -0.303 e. The lowest BCUT2D eigenvalue weighted by molar-refractivity contribution is 0.698. The highest BCUT2D eigenvalue weighted by Crippen LogP contribution is 2.15. The SMILES string of the molecule is CCCn1c(NN=Cc2ccccc2)nc2c1c(=O)[nH]c(=O)n2C. The lowest BCUT2D eigenvalue weighted by Gasteiger charge is -2.05. The molecule has 24 heavy (non-hydrogen) atoms. The van der Waals surface area contributed by atoms with Crippen LogP contribution in [0.4, 0.5) is 5.95 Å². The molecule has 0 unspecified atom stereocenters. The third-order valence-electron chi connectivity index (χ3n) is 3.63. The van der Waals surface area contributed by atoms with Crippen molar-refractivity contribution < 1.29 is 0 Å². The minimum absolute atomic E-state index is 0.328. The van der Waals surface area contributed by atoms with Gasteiger partial charge in [-0.3, -0.25) is 14.3 Å². The van der Waals surface area contributed by atoms with Gasteiger partial charge in [0.15, 0.2) is 11.2 Å². The van der Waals surface area contributed by atoms with Gasteiger partial charge in [-0.2, -0.15) is 10.1 Å². The summed E-state index contributed by atoms with van der Waals surface area (Å²) in [4.78, 5) is 30.6. The second-order valence-corrected chi connectivity index (χ2v) is 5.36. The van der Waals surface area contributed by atoms with Crippen molar-refractivity contribution in [2.24, 2.45) is 12.1 Å². The predicted molar refractivity (Wildman–Crippen MR) is 93.5 cm³/mol. The van der Waals surface area contributed by atoms with Gasteiger partial charge in [0.1, 0.15) is 0 Å². The summed E-state index contributed by atoms with van der Waals surface area (Å²) in [5, 5.41) is 4.17. The standard InChI is InChI=1S/C16H18N6O2/c1-3-9-22-12-13(21(2)16(24)19-14(12)23)18-15(22)20-17-10-11-7-5-4-6-8-11/h4-8,10H,3,9H2,1-2H3,(H,18,20)(H,19,23,24). The lowest BCUT2D eigenvalue weighted by Crippen LogP contribution is -2.29. The Bertz CT molecular complexity index is 997. The Morgan fingerprint density at radius 1 is 1.29 bits per heavy atom. The molecule has 2 N–H and O–H groups in total. The Kier molecular flexibility index (Phi) is 4.28. The van der Waals surface area contributed by atoms with Gasteiger partial charge in [-0.05, 0) is 12.0 Å². The Morgan fingerprint density at radius 3 is 2.75 bits per heavy atom. The van der Waals surface area contributed by atoms with Gasteiger partial charge < -0.3 is 4.57 Å². The monoisotopic (exact) mass is 326 g/mol. The summed E-state index contributed by atoms with van der Waals surface area (Å²) in [5.74, 6) is 0.422. The second-order valence-electron chi connectivity index (χ2n) is 5.36. The smallest absolute Gasteiger partial charge is 0.303 e. The fraction of sp³-hybridized carbons (Fsp3) is 0.250. The van der Waals surface area contributed by atoms with E-state index >= 15 is 0 Å². The number of hydrogen-bond acceptors (Lipinski definition) is 5. The van der Waals surface area contributed by atoms with Crippen molar-refractivity contribution >= 4 is 23.3 Å². The number of rotatable bonds is 5. The maximum Gasteiger partial charge on any atom is 0.329 e. The molecule has 8 nitrogen and oxygen atoms in total. The van der Waals surface area contributed by atoms with Crippen LogP contribution in [0.3, 0.4) is 0 Å². The number of hydrazone groups is 1. The summed E-state index contributed by atoms with van der Waals surface area (Å²) in [5.41, 5.74) is 3.54. The molecule has 0 amide bonds. The van der Waals surface area contributed by atoms with Crippen molar-refractivity contribution in [2.75, 3.05) is 5.43 Å². The molecule has 0 aliphatic rings. The molecule has 2 aromatic heterocycles. The molecule has 0 fully saturated rings. The number of anilines is 1. The van der Waals surface area contributed by atoms with E-state index in [2.05, 4.69) is 20.5 Å². The molecule has 124 valence electrons. The summed E-state index contributed by atoms with van der Waals surface area (Å²) in [6.45, 7) is 2.58. The van der Waals surface area contributed by atoms with Crippen LogP contribution in [0.1, 0.15) is 18.9 Å². The number of hydrogen-bond donors (Lipinski definition) is 2. The van der Waals surface area contributed by atoms with Crippen molar-refractivity contribution in [3.63, 3.8) is 0 Å². The van der Waals surface area contributed by atoms with Crippen LogP contribution in [-0.4, -0.2) is 25.3 Å². The topological polar surface area (TPSA) is 97.1 Å². The van der Waals surface area contributed by atoms with Crippen LogP contribution in [-0.2, 0) is 13.6 Å².